The van der Waals surface area contributed by atoms with E-state index in [0.29, 0.717) is 22.2 Å². The van der Waals surface area contributed by atoms with E-state index in [2.05, 4.69) is 20.8 Å². The standard InChI is InChI=1S/C18H17N5O3S/c1-26-17(25)14-9-5-6-10-15(14)19-16(24)11-12-27-18-20-21-22-23(18)13-7-3-2-4-8-13/h2-10H,11-12H2,1H3,(H,19,24). The lowest BCUT2D eigenvalue weighted by Gasteiger charge is -2.09. The monoisotopic (exact) mass is 383 g/mol. The van der Waals surface area contributed by atoms with Crippen LogP contribution in [0.3, 0.4) is 0 Å². The topological polar surface area (TPSA) is 99.0 Å². The number of benzene rings is 2. The molecule has 0 unspecified atom stereocenters. The zero-order valence-electron chi connectivity index (χ0n) is 14.5. The summed E-state index contributed by atoms with van der Waals surface area (Å²) < 4.78 is 6.34. The SMILES string of the molecule is COC(=O)c1ccccc1NC(=O)CCSc1nnnn1-c1ccccc1. The molecule has 0 radical (unpaired) electrons. The molecule has 1 N–H and O–H groups in total. The number of esters is 1. The van der Waals surface area contributed by atoms with Crippen LogP contribution in [-0.4, -0.2) is 44.9 Å². The number of carbonyl (C=O) groups excluding carboxylic acids is 2. The normalized spacial score (nSPS) is 10.4. The van der Waals surface area contributed by atoms with Gasteiger partial charge in [-0.05, 0) is 34.7 Å². The molecule has 0 aliphatic carbocycles. The molecule has 0 aliphatic heterocycles. The van der Waals surface area contributed by atoms with E-state index in [0.717, 1.165) is 5.69 Å². The highest BCUT2D eigenvalue weighted by Crippen LogP contribution is 2.20. The number of ether oxygens (including phenoxy) is 1. The van der Waals surface area contributed by atoms with Crippen molar-refractivity contribution in [3.05, 3.63) is 60.2 Å². The molecule has 0 atom stereocenters. The first-order chi connectivity index (χ1) is 13.2. The average Bonchev–Trinajstić information content (AvgIpc) is 3.17. The van der Waals surface area contributed by atoms with Gasteiger partial charge < -0.3 is 10.1 Å². The lowest BCUT2D eigenvalue weighted by Crippen LogP contribution is -2.15. The van der Waals surface area contributed by atoms with Crippen molar-refractivity contribution in [2.75, 3.05) is 18.2 Å². The Morgan fingerprint density at radius 1 is 1.11 bits per heavy atom. The van der Waals surface area contributed by atoms with Crippen LogP contribution in [0.1, 0.15) is 16.8 Å². The molecule has 0 fully saturated rings. The Balaban J connectivity index is 1.57. The van der Waals surface area contributed by atoms with Crippen LogP contribution in [0.4, 0.5) is 5.69 Å². The zero-order chi connectivity index (χ0) is 19.1. The zero-order valence-corrected chi connectivity index (χ0v) is 15.3. The third-order valence-electron chi connectivity index (χ3n) is 3.61. The molecule has 0 spiro atoms. The summed E-state index contributed by atoms with van der Waals surface area (Å²) in [4.78, 5) is 24.0. The number of hydrogen-bond donors (Lipinski definition) is 1. The van der Waals surface area contributed by atoms with Gasteiger partial charge in [-0.25, -0.2) is 4.79 Å². The number of para-hydroxylation sites is 2. The highest BCUT2D eigenvalue weighted by atomic mass is 32.2. The van der Waals surface area contributed by atoms with Crippen molar-refractivity contribution in [2.45, 2.75) is 11.6 Å². The number of methoxy groups -OCH3 is 1. The molecular formula is C18H17N5O3S. The van der Waals surface area contributed by atoms with Crippen LogP contribution in [0, 0.1) is 0 Å². The predicted octanol–water partition coefficient (Wildman–Crippen LogP) is 2.57. The van der Waals surface area contributed by atoms with Gasteiger partial charge in [0.1, 0.15) is 0 Å². The number of tetrazole rings is 1. The molecule has 8 nitrogen and oxygen atoms in total. The average molecular weight is 383 g/mol. The van der Waals surface area contributed by atoms with Gasteiger partial charge in [0.05, 0.1) is 24.0 Å². The van der Waals surface area contributed by atoms with Gasteiger partial charge in [0, 0.05) is 12.2 Å². The number of anilines is 1. The summed E-state index contributed by atoms with van der Waals surface area (Å²) in [5.41, 5.74) is 1.59. The van der Waals surface area contributed by atoms with Gasteiger partial charge in [0.25, 0.3) is 0 Å². The number of hydrogen-bond acceptors (Lipinski definition) is 7. The summed E-state index contributed by atoms with van der Waals surface area (Å²) in [7, 11) is 1.30. The van der Waals surface area contributed by atoms with E-state index >= 15 is 0 Å². The molecule has 1 aromatic heterocycles. The summed E-state index contributed by atoms with van der Waals surface area (Å²) in [6, 6.07) is 16.2. The molecule has 2 aromatic carbocycles. The quantitative estimate of drug-likeness (QED) is 0.494. The first-order valence-electron chi connectivity index (χ1n) is 8.13. The minimum Gasteiger partial charge on any atom is -0.465 e. The van der Waals surface area contributed by atoms with Crippen molar-refractivity contribution in [3.63, 3.8) is 0 Å². The molecule has 0 saturated carbocycles. The van der Waals surface area contributed by atoms with Crippen LogP contribution in [0.5, 0.6) is 0 Å². The van der Waals surface area contributed by atoms with Crippen LogP contribution in [-0.2, 0) is 9.53 Å². The van der Waals surface area contributed by atoms with Crippen molar-refractivity contribution in [2.24, 2.45) is 0 Å². The summed E-state index contributed by atoms with van der Waals surface area (Å²) in [5, 5.41) is 15.0. The number of thioether (sulfide) groups is 1. The van der Waals surface area contributed by atoms with Crippen molar-refractivity contribution in [1.29, 1.82) is 0 Å². The maximum atomic E-state index is 12.2. The van der Waals surface area contributed by atoms with E-state index in [1.807, 2.05) is 30.3 Å². The number of carbonyl (C=O) groups is 2. The van der Waals surface area contributed by atoms with Crippen molar-refractivity contribution in [3.8, 4) is 5.69 Å². The van der Waals surface area contributed by atoms with E-state index in [1.165, 1.54) is 18.9 Å². The lowest BCUT2D eigenvalue weighted by atomic mass is 10.2. The number of aromatic nitrogens is 4. The minimum atomic E-state index is -0.498. The highest BCUT2D eigenvalue weighted by molar-refractivity contribution is 7.99. The fourth-order valence-corrected chi connectivity index (χ4v) is 3.16. The van der Waals surface area contributed by atoms with Gasteiger partial charge in [-0.15, -0.1) is 5.10 Å². The maximum Gasteiger partial charge on any atom is 0.339 e. The van der Waals surface area contributed by atoms with E-state index in [9.17, 15) is 9.59 Å². The Morgan fingerprint density at radius 2 is 1.85 bits per heavy atom. The first-order valence-corrected chi connectivity index (χ1v) is 9.11. The second kappa shape index (κ2) is 8.95. The van der Waals surface area contributed by atoms with Crippen LogP contribution in [0.25, 0.3) is 5.69 Å². The van der Waals surface area contributed by atoms with Crippen LogP contribution < -0.4 is 5.32 Å². The predicted molar refractivity (Wildman–Crippen MR) is 101 cm³/mol. The minimum absolute atomic E-state index is 0.211. The third-order valence-corrected chi connectivity index (χ3v) is 4.53. The van der Waals surface area contributed by atoms with Crippen molar-refractivity contribution in [1.82, 2.24) is 20.2 Å². The Morgan fingerprint density at radius 3 is 2.63 bits per heavy atom. The van der Waals surface area contributed by atoms with E-state index < -0.39 is 5.97 Å². The second-order valence-electron chi connectivity index (χ2n) is 5.39. The van der Waals surface area contributed by atoms with Gasteiger partial charge >= 0.3 is 5.97 Å². The van der Waals surface area contributed by atoms with Crippen molar-refractivity contribution >= 4 is 29.3 Å². The molecule has 3 rings (SSSR count). The summed E-state index contributed by atoms with van der Waals surface area (Å²) in [6.45, 7) is 0. The van der Waals surface area contributed by atoms with E-state index in [-0.39, 0.29) is 12.3 Å². The number of nitrogens with zero attached hydrogens (tertiary/aromatic N) is 4. The van der Waals surface area contributed by atoms with Crippen LogP contribution in [0.2, 0.25) is 0 Å². The van der Waals surface area contributed by atoms with Gasteiger partial charge in [-0.3, -0.25) is 4.79 Å². The largest absolute Gasteiger partial charge is 0.465 e. The molecule has 9 heteroatoms. The molecule has 0 aliphatic rings. The molecule has 1 amide bonds. The fraction of sp³-hybridized carbons (Fsp3) is 0.167. The second-order valence-corrected chi connectivity index (χ2v) is 6.45. The smallest absolute Gasteiger partial charge is 0.339 e. The van der Waals surface area contributed by atoms with E-state index in [1.54, 1.807) is 28.9 Å². The van der Waals surface area contributed by atoms with Crippen molar-refractivity contribution < 1.29 is 14.3 Å². The summed E-state index contributed by atoms with van der Waals surface area (Å²) in [6.07, 6.45) is 0.238. The molecule has 138 valence electrons. The van der Waals surface area contributed by atoms with Gasteiger partial charge in [-0.2, -0.15) is 4.68 Å². The molecule has 3 aromatic rings. The highest BCUT2D eigenvalue weighted by Gasteiger charge is 2.14. The Kier molecular flexibility index (Phi) is 6.16. The maximum absolute atomic E-state index is 12.2. The number of amides is 1. The van der Waals surface area contributed by atoms with Gasteiger partial charge in [0.2, 0.25) is 11.1 Å². The number of rotatable bonds is 7. The first kappa shape index (κ1) is 18.6. The van der Waals surface area contributed by atoms with Crippen LogP contribution in [0.15, 0.2) is 59.8 Å². The molecule has 0 bridgehead atoms. The molecule has 0 saturated heterocycles. The Labute approximate surface area is 159 Å². The lowest BCUT2D eigenvalue weighted by molar-refractivity contribution is -0.115. The summed E-state index contributed by atoms with van der Waals surface area (Å²) in [5.74, 6) is -0.223. The Bertz CT molecular complexity index is 930. The molecule has 1 heterocycles. The summed E-state index contributed by atoms with van der Waals surface area (Å²) >= 11 is 1.38. The number of nitrogens with one attached hydrogen (secondary N) is 1. The molecule has 27 heavy (non-hydrogen) atoms. The fourth-order valence-electron chi connectivity index (χ4n) is 2.33. The van der Waals surface area contributed by atoms with Crippen LogP contribution >= 0.6 is 11.8 Å². The molecular weight excluding hydrogens is 366 g/mol. The third kappa shape index (κ3) is 4.70. The Hall–Kier alpha value is -3.20. The van der Waals surface area contributed by atoms with Gasteiger partial charge in [0.15, 0.2) is 0 Å². The van der Waals surface area contributed by atoms with Gasteiger partial charge in [-0.1, -0.05) is 42.1 Å². The van der Waals surface area contributed by atoms with E-state index in [4.69, 9.17) is 4.74 Å².